The van der Waals surface area contributed by atoms with Crippen LogP contribution in [0.25, 0.3) is 0 Å². The highest BCUT2D eigenvalue weighted by molar-refractivity contribution is 7.89. The van der Waals surface area contributed by atoms with E-state index in [1.807, 2.05) is 6.92 Å². The molecule has 0 radical (unpaired) electrons. The smallest absolute Gasteiger partial charge is 0.274 e. The van der Waals surface area contributed by atoms with Crippen molar-refractivity contribution in [2.75, 3.05) is 18.8 Å². The van der Waals surface area contributed by atoms with Crippen LogP contribution in [0.2, 0.25) is 0 Å². The Kier molecular flexibility index (Phi) is 4.89. The Bertz CT molecular complexity index is 592. The van der Waals surface area contributed by atoms with Gasteiger partial charge in [-0.2, -0.15) is 0 Å². The number of amides is 1. The second-order valence-electron chi connectivity index (χ2n) is 5.13. The Morgan fingerprint density at radius 2 is 2.00 bits per heavy atom. The normalized spacial score (nSPS) is 17.0. The average Bonchev–Trinajstić information content (AvgIpc) is 2.48. The molecule has 21 heavy (non-hydrogen) atoms. The molecule has 1 aliphatic rings. The molecule has 7 nitrogen and oxygen atoms in total. The Morgan fingerprint density at radius 1 is 1.33 bits per heavy atom. The summed E-state index contributed by atoms with van der Waals surface area (Å²) in [6.07, 6.45) is 4.27. The molecule has 1 N–H and O–H groups in total. The summed E-state index contributed by atoms with van der Waals surface area (Å²) in [6, 6.07) is -0.0944. The molecule has 8 heteroatoms. The molecule has 0 bridgehead atoms. The van der Waals surface area contributed by atoms with Crippen LogP contribution < -0.4 is 4.72 Å². The van der Waals surface area contributed by atoms with Gasteiger partial charge < -0.3 is 4.90 Å². The maximum absolute atomic E-state index is 12.2. The maximum Gasteiger partial charge on any atom is 0.274 e. The molecule has 2 heterocycles. The summed E-state index contributed by atoms with van der Waals surface area (Å²) in [4.78, 5) is 22.1. The Balaban J connectivity index is 1.92. The monoisotopic (exact) mass is 312 g/mol. The van der Waals surface area contributed by atoms with Crippen molar-refractivity contribution in [2.45, 2.75) is 32.7 Å². The Morgan fingerprint density at radius 3 is 2.52 bits per heavy atom. The van der Waals surface area contributed by atoms with Gasteiger partial charge in [0.25, 0.3) is 5.91 Å². The number of hydrogen-bond acceptors (Lipinski definition) is 5. The molecule has 0 aromatic carbocycles. The third kappa shape index (κ3) is 4.21. The van der Waals surface area contributed by atoms with Crippen LogP contribution in [0.3, 0.4) is 0 Å². The van der Waals surface area contributed by atoms with Gasteiger partial charge in [0, 0.05) is 25.3 Å². The predicted octanol–water partition coefficient (Wildman–Crippen LogP) is 0.329. The van der Waals surface area contributed by atoms with Crippen LogP contribution in [-0.2, 0) is 10.0 Å². The summed E-state index contributed by atoms with van der Waals surface area (Å²) < 4.78 is 25.7. The van der Waals surface area contributed by atoms with Crippen molar-refractivity contribution < 1.29 is 13.2 Å². The number of nitrogens with one attached hydrogen (secondary N) is 1. The van der Waals surface area contributed by atoms with E-state index in [9.17, 15) is 13.2 Å². The van der Waals surface area contributed by atoms with E-state index < -0.39 is 10.0 Å². The van der Waals surface area contributed by atoms with Gasteiger partial charge in [0.15, 0.2) is 0 Å². The largest absolute Gasteiger partial charge is 0.337 e. The number of carbonyl (C=O) groups excluding carboxylic acids is 1. The van der Waals surface area contributed by atoms with Gasteiger partial charge >= 0.3 is 0 Å². The van der Waals surface area contributed by atoms with Crippen molar-refractivity contribution in [1.82, 2.24) is 19.6 Å². The first kappa shape index (κ1) is 15.8. The van der Waals surface area contributed by atoms with E-state index in [-0.39, 0.29) is 17.7 Å². The summed E-state index contributed by atoms with van der Waals surface area (Å²) >= 11 is 0. The average molecular weight is 312 g/mol. The molecule has 1 saturated heterocycles. The predicted molar refractivity (Wildman–Crippen MR) is 78.3 cm³/mol. The lowest BCUT2D eigenvalue weighted by molar-refractivity contribution is 0.0705. The molecule has 1 fully saturated rings. The first-order chi connectivity index (χ1) is 9.91. The number of sulfonamides is 1. The quantitative estimate of drug-likeness (QED) is 0.865. The van der Waals surface area contributed by atoms with Gasteiger partial charge in [0.2, 0.25) is 10.0 Å². The lowest BCUT2D eigenvalue weighted by atomic mass is 10.1. The molecule has 1 aromatic heterocycles. The molecule has 0 saturated carbocycles. The van der Waals surface area contributed by atoms with Gasteiger partial charge in [-0.1, -0.05) is 0 Å². The van der Waals surface area contributed by atoms with Gasteiger partial charge in [-0.3, -0.25) is 9.78 Å². The molecule has 0 unspecified atom stereocenters. The van der Waals surface area contributed by atoms with Gasteiger partial charge in [-0.05, 0) is 26.7 Å². The topological polar surface area (TPSA) is 92.3 Å². The lowest BCUT2D eigenvalue weighted by Crippen LogP contribution is -2.47. The fraction of sp³-hybridized carbons (Fsp3) is 0.615. The van der Waals surface area contributed by atoms with E-state index in [0.29, 0.717) is 31.6 Å². The lowest BCUT2D eigenvalue weighted by Gasteiger charge is -2.31. The number of nitrogens with zero attached hydrogens (tertiary/aromatic N) is 3. The standard InChI is InChI=1S/C13H20N4O3S/c1-3-21(19,20)16-11-4-6-17(7-5-11)13(18)12-9-14-10(2)8-15-12/h8-9,11,16H,3-7H2,1-2H3. The highest BCUT2D eigenvalue weighted by Gasteiger charge is 2.26. The summed E-state index contributed by atoms with van der Waals surface area (Å²) in [5.74, 6) is -0.0789. The summed E-state index contributed by atoms with van der Waals surface area (Å²) in [6.45, 7) is 4.46. The number of rotatable bonds is 4. The molecule has 2 rings (SSSR count). The first-order valence-electron chi connectivity index (χ1n) is 6.99. The third-order valence-electron chi connectivity index (χ3n) is 3.51. The molecule has 1 amide bonds. The van der Waals surface area contributed by atoms with Crippen LogP contribution in [0.1, 0.15) is 35.9 Å². The van der Waals surface area contributed by atoms with Crippen molar-refractivity contribution in [3.63, 3.8) is 0 Å². The SMILES string of the molecule is CCS(=O)(=O)NC1CCN(C(=O)c2cnc(C)cn2)CC1. The third-order valence-corrected chi connectivity index (χ3v) is 4.96. The van der Waals surface area contributed by atoms with Gasteiger partial charge in [0.1, 0.15) is 5.69 Å². The van der Waals surface area contributed by atoms with Gasteiger partial charge in [-0.15, -0.1) is 0 Å². The second-order valence-corrected chi connectivity index (χ2v) is 7.17. The fourth-order valence-electron chi connectivity index (χ4n) is 2.20. The minimum absolute atomic E-state index is 0.0745. The first-order valence-corrected chi connectivity index (χ1v) is 8.64. The van der Waals surface area contributed by atoms with Gasteiger partial charge in [0.05, 0.1) is 17.6 Å². The summed E-state index contributed by atoms with van der Waals surface area (Å²) in [7, 11) is -3.19. The summed E-state index contributed by atoms with van der Waals surface area (Å²) in [5, 5.41) is 0. The number of hydrogen-bond donors (Lipinski definition) is 1. The van der Waals surface area contributed by atoms with Crippen LogP contribution in [-0.4, -0.2) is 54.1 Å². The molecule has 116 valence electrons. The van der Waals surface area contributed by atoms with E-state index in [2.05, 4.69) is 14.7 Å². The van der Waals surface area contributed by atoms with Crippen LogP contribution in [0.4, 0.5) is 0 Å². The number of aromatic nitrogens is 2. The Hall–Kier alpha value is -1.54. The number of likely N-dealkylation sites (tertiary alicyclic amines) is 1. The van der Waals surface area contributed by atoms with E-state index in [0.717, 1.165) is 5.69 Å². The van der Waals surface area contributed by atoms with Crippen LogP contribution in [0.15, 0.2) is 12.4 Å². The Labute approximate surface area is 124 Å². The number of aryl methyl sites for hydroxylation is 1. The van der Waals surface area contributed by atoms with Crippen LogP contribution >= 0.6 is 0 Å². The molecule has 1 aliphatic heterocycles. The highest BCUT2D eigenvalue weighted by atomic mass is 32.2. The zero-order chi connectivity index (χ0) is 15.5. The fourth-order valence-corrected chi connectivity index (χ4v) is 3.11. The zero-order valence-corrected chi connectivity index (χ0v) is 13.1. The van der Waals surface area contributed by atoms with Gasteiger partial charge in [-0.25, -0.2) is 18.1 Å². The van der Waals surface area contributed by atoms with Crippen molar-refractivity contribution in [3.05, 3.63) is 23.8 Å². The number of carbonyl (C=O) groups is 1. The van der Waals surface area contributed by atoms with Crippen LogP contribution in [0, 0.1) is 6.92 Å². The minimum Gasteiger partial charge on any atom is -0.337 e. The van der Waals surface area contributed by atoms with Crippen LogP contribution in [0.5, 0.6) is 0 Å². The summed E-state index contributed by atoms with van der Waals surface area (Å²) in [5.41, 5.74) is 1.09. The number of piperidine rings is 1. The zero-order valence-electron chi connectivity index (χ0n) is 12.2. The second kappa shape index (κ2) is 6.48. The van der Waals surface area contributed by atoms with Crippen molar-refractivity contribution >= 4 is 15.9 Å². The highest BCUT2D eigenvalue weighted by Crippen LogP contribution is 2.13. The minimum atomic E-state index is -3.19. The molecule has 0 atom stereocenters. The molecular formula is C13H20N4O3S. The molecule has 0 spiro atoms. The van der Waals surface area contributed by atoms with E-state index in [1.54, 1.807) is 18.0 Å². The molecule has 1 aromatic rings. The molecule has 0 aliphatic carbocycles. The van der Waals surface area contributed by atoms with E-state index >= 15 is 0 Å². The van der Waals surface area contributed by atoms with E-state index in [1.165, 1.54) is 6.20 Å². The van der Waals surface area contributed by atoms with Crippen molar-refractivity contribution in [3.8, 4) is 0 Å². The maximum atomic E-state index is 12.2. The van der Waals surface area contributed by atoms with E-state index in [4.69, 9.17) is 0 Å². The van der Waals surface area contributed by atoms with Crippen molar-refractivity contribution in [2.24, 2.45) is 0 Å². The van der Waals surface area contributed by atoms with Crippen molar-refractivity contribution in [1.29, 1.82) is 0 Å². The molecular weight excluding hydrogens is 292 g/mol.